The summed E-state index contributed by atoms with van der Waals surface area (Å²) in [4.78, 5) is 24.0. The van der Waals surface area contributed by atoms with Crippen LogP contribution in [0.4, 0.5) is 5.69 Å². The van der Waals surface area contributed by atoms with E-state index in [0.29, 0.717) is 11.7 Å². The van der Waals surface area contributed by atoms with Crippen LogP contribution in [0.25, 0.3) is 0 Å². The Balaban J connectivity index is 1.42. The molecule has 0 bridgehead atoms. The van der Waals surface area contributed by atoms with E-state index in [9.17, 15) is 4.79 Å². The second-order valence-corrected chi connectivity index (χ2v) is 7.78. The molecule has 0 spiro atoms. The van der Waals surface area contributed by atoms with E-state index in [4.69, 9.17) is 0 Å². The van der Waals surface area contributed by atoms with Gasteiger partial charge in [0, 0.05) is 43.9 Å². The average molecular weight is 352 g/mol. The highest BCUT2D eigenvalue weighted by molar-refractivity contribution is 5.51. The Morgan fingerprint density at radius 3 is 2.69 bits per heavy atom. The number of benzene rings is 1. The molecule has 1 N–H and O–H groups in total. The first-order valence-corrected chi connectivity index (χ1v) is 9.73. The molecular formula is C21H28N4O. The number of hydrogen-bond acceptors (Lipinski definition) is 4. The molecule has 0 aliphatic carbocycles. The summed E-state index contributed by atoms with van der Waals surface area (Å²) < 4.78 is 0. The van der Waals surface area contributed by atoms with Crippen molar-refractivity contribution in [3.8, 4) is 0 Å². The maximum absolute atomic E-state index is 11.7. The van der Waals surface area contributed by atoms with Crippen LogP contribution in [0.15, 0.2) is 29.1 Å². The van der Waals surface area contributed by atoms with E-state index < -0.39 is 0 Å². The van der Waals surface area contributed by atoms with Crippen molar-refractivity contribution in [3.63, 3.8) is 0 Å². The highest BCUT2D eigenvalue weighted by Gasteiger charge is 2.26. The molecule has 5 heteroatoms. The van der Waals surface area contributed by atoms with Crippen molar-refractivity contribution in [1.29, 1.82) is 0 Å². The summed E-state index contributed by atoms with van der Waals surface area (Å²) in [5.41, 5.74) is 5.05. The fraction of sp³-hybridized carbons (Fsp3) is 0.524. The van der Waals surface area contributed by atoms with Crippen molar-refractivity contribution < 1.29 is 0 Å². The fourth-order valence-corrected chi connectivity index (χ4v) is 4.30. The zero-order valence-electron chi connectivity index (χ0n) is 15.8. The van der Waals surface area contributed by atoms with Crippen molar-refractivity contribution in [1.82, 2.24) is 14.9 Å². The van der Waals surface area contributed by atoms with Crippen molar-refractivity contribution in [2.45, 2.75) is 45.6 Å². The fourth-order valence-electron chi connectivity index (χ4n) is 4.30. The second kappa shape index (κ2) is 7.23. The third-order valence-corrected chi connectivity index (χ3v) is 5.76. The number of nitrogens with zero attached hydrogens (tertiary/aromatic N) is 3. The summed E-state index contributed by atoms with van der Waals surface area (Å²) in [5.74, 6) is 1.07. The Morgan fingerprint density at radius 1 is 1.15 bits per heavy atom. The lowest BCUT2D eigenvalue weighted by atomic mass is 10.0. The van der Waals surface area contributed by atoms with Gasteiger partial charge in [-0.15, -0.1) is 0 Å². The largest absolute Gasteiger partial charge is 0.372 e. The van der Waals surface area contributed by atoms with Gasteiger partial charge in [0.05, 0.1) is 5.69 Å². The quantitative estimate of drug-likeness (QED) is 0.919. The standard InChI is InChI=1S/C21H28N4O/c1-15-11-19(25-8-3-4-9-25)6-5-17(15)13-24-10-7-18(14-24)20-12-21(26)23-16(2)22-20/h5-6,11-12,18H,3-4,7-10,13-14H2,1-2H3,(H,22,23,26)/t18-/m0/s1. The number of aromatic amines is 1. The highest BCUT2D eigenvalue weighted by atomic mass is 16.1. The molecule has 0 unspecified atom stereocenters. The van der Waals surface area contributed by atoms with Crippen LogP contribution < -0.4 is 10.5 Å². The van der Waals surface area contributed by atoms with Gasteiger partial charge < -0.3 is 9.88 Å². The first-order chi connectivity index (χ1) is 12.6. The molecule has 3 heterocycles. The van der Waals surface area contributed by atoms with Crippen LogP contribution in [0.3, 0.4) is 0 Å². The molecule has 1 aromatic heterocycles. The molecule has 5 nitrogen and oxygen atoms in total. The number of aromatic nitrogens is 2. The van der Waals surface area contributed by atoms with Gasteiger partial charge in [-0.2, -0.15) is 0 Å². The summed E-state index contributed by atoms with van der Waals surface area (Å²) in [5, 5.41) is 0. The Bertz CT molecular complexity index is 838. The van der Waals surface area contributed by atoms with Gasteiger partial charge in [-0.3, -0.25) is 9.69 Å². The first kappa shape index (κ1) is 17.3. The van der Waals surface area contributed by atoms with E-state index in [1.165, 1.54) is 42.7 Å². The van der Waals surface area contributed by atoms with Crippen LogP contribution in [0.2, 0.25) is 0 Å². The van der Waals surface area contributed by atoms with Crippen LogP contribution in [0, 0.1) is 13.8 Å². The molecule has 2 aliphatic heterocycles. The molecule has 26 heavy (non-hydrogen) atoms. The van der Waals surface area contributed by atoms with Gasteiger partial charge >= 0.3 is 0 Å². The van der Waals surface area contributed by atoms with Crippen LogP contribution in [0.5, 0.6) is 0 Å². The number of hydrogen-bond donors (Lipinski definition) is 1. The van der Waals surface area contributed by atoms with Gasteiger partial charge in [0.2, 0.25) is 0 Å². The van der Waals surface area contributed by atoms with Gasteiger partial charge in [0.1, 0.15) is 5.82 Å². The molecule has 138 valence electrons. The molecule has 0 amide bonds. The Hall–Kier alpha value is -2.14. The molecule has 2 aromatic rings. The summed E-state index contributed by atoms with van der Waals surface area (Å²) in [6.07, 6.45) is 3.69. The minimum atomic E-state index is -0.0423. The van der Waals surface area contributed by atoms with Crippen LogP contribution >= 0.6 is 0 Å². The highest BCUT2D eigenvalue weighted by Crippen LogP contribution is 2.28. The molecule has 4 rings (SSSR count). The first-order valence-electron chi connectivity index (χ1n) is 9.73. The predicted octanol–water partition coefficient (Wildman–Crippen LogP) is 2.98. The normalized spacial score (nSPS) is 20.8. The van der Waals surface area contributed by atoms with Crippen molar-refractivity contribution in [2.24, 2.45) is 0 Å². The minimum absolute atomic E-state index is 0.0423. The summed E-state index contributed by atoms with van der Waals surface area (Å²) in [6.45, 7) is 9.47. The smallest absolute Gasteiger partial charge is 0.251 e. The molecule has 1 aromatic carbocycles. The lowest BCUT2D eigenvalue weighted by molar-refractivity contribution is 0.325. The third kappa shape index (κ3) is 3.68. The van der Waals surface area contributed by atoms with Gasteiger partial charge in [-0.1, -0.05) is 6.07 Å². The Morgan fingerprint density at radius 2 is 1.96 bits per heavy atom. The number of nitrogens with one attached hydrogen (secondary N) is 1. The van der Waals surface area contributed by atoms with Crippen molar-refractivity contribution in [2.75, 3.05) is 31.1 Å². The number of aryl methyl sites for hydroxylation is 2. The monoisotopic (exact) mass is 352 g/mol. The molecule has 0 radical (unpaired) electrons. The zero-order valence-corrected chi connectivity index (χ0v) is 15.8. The third-order valence-electron chi connectivity index (χ3n) is 5.76. The van der Waals surface area contributed by atoms with Crippen molar-refractivity contribution >= 4 is 5.69 Å². The number of anilines is 1. The predicted molar refractivity (Wildman–Crippen MR) is 105 cm³/mol. The van der Waals surface area contributed by atoms with E-state index in [1.807, 2.05) is 6.92 Å². The lowest BCUT2D eigenvalue weighted by Gasteiger charge is -2.21. The zero-order chi connectivity index (χ0) is 18.1. The second-order valence-electron chi connectivity index (χ2n) is 7.78. The van der Waals surface area contributed by atoms with Crippen molar-refractivity contribution in [3.05, 3.63) is 57.3 Å². The topological polar surface area (TPSA) is 52.2 Å². The SMILES string of the molecule is Cc1nc([C@H]2CCN(Cc3ccc(N4CCCC4)cc3C)C2)cc(=O)[nH]1. The summed E-state index contributed by atoms with van der Waals surface area (Å²) in [6, 6.07) is 8.59. The lowest BCUT2D eigenvalue weighted by Crippen LogP contribution is -2.22. The summed E-state index contributed by atoms with van der Waals surface area (Å²) in [7, 11) is 0. The van der Waals surface area contributed by atoms with Crippen LogP contribution in [-0.4, -0.2) is 41.0 Å². The number of H-pyrrole nitrogens is 1. The van der Waals surface area contributed by atoms with E-state index in [2.05, 4.69) is 44.9 Å². The van der Waals surface area contributed by atoms with Crippen LogP contribution in [-0.2, 0) is 6.54 Å². The summed E-state index contributed by atoms with van der Waals surface area (Å²) >= 11 is 0. The number of likely N-dealkylation sites (tertiary alicyclic amines) is 1. The molecule has 2 saturated heterocycles. The van der Waals surface area contributed by atoms with Gasteiger partial charge in [0.25, 0.3) is 5.56 Å². The van der Waals surface area contributed by atoms with E-state index in [1.54, 1.807) is 6.07 Å². The van der Waals surface area contributed by atoms with E-state index in [-0.39, 0.29) is 5.56 Å². The number of rotatable bonds is 4. The molecular weight excluding hydrogens is 324 g/mol. The maximum atomic E-state index is 11.7. The molecule has 2 fully saturated rings. The van der Waals surface area contributed by atoms with Crippen LogP contribution in [0.1, 0.15) is 47.8 Å². The molecule has 0 saturated carbocycles. The van der Waals surface area contributed by atoms with E-state index in [0.717, 1.165) is 31.7 Å². The van der Waals surface area contributed by atoms with Gasteiger partial charge in [-0.05, 0) is 62.9 Å². The molecule has 2 aliphatic rings. The average Bonchev–Trinajstić information content (AvgIpc) is 3.27. The van der Waals surface area contributed by atoms with Gasteiger partial charge in [0.15, 0.2) is 0 Å². The Kier molecular flexibility index (Phi) is 4.81. The Labute approximate surface area is 155 Å². The van der Waals surface area contributed by atoms with E-state index >= 15 is 0 Å². The van der Waals surface area contributed by atoms with Gasteiger partial charge in [-0.25, -0.2) is 4.98 Å². The maximum Gasteiger partial charge on any atom is 0.251 e. The molecule has 1 atom stereocenters. The minimum Gasteiger partial charge on any atom is -0.372 e.